The van der Waals surface area contributed by atoms with Gasteiger partial charge in [-0.05, 0) is 36.5 Å². The van der Waals surface area contributed by atoms with Crippen molar-refractivity contribution in [1.29, 1.82) is 0 Å². The smallest absolute Gasteiger partial charge is 0.295 e. The number of aromatic nitrogens is 3. The first-order valence-electron chi connectivity index (χ1n) is 8.86. The van der Waals surface area contributed by atoms with Crippen LogP contribution in [0.15, 0.2) is 24.4 Å². The first-order chi connectivity index (χ1) is 14.8. The summed E-state index contributed by atoms with van der Waals surface area (Å²) in [5.41, 5.74) is 1.00. The Bertz CT molecular complexity index is 1140. The van der Waals surface area contributed by atoms with Crippen molar-refractivity contribution in [2.45, 2.75) is 6.92 Å². The molecule has 0 aliphatic rings. The third-order valence-corrected chi connectivity index (χ3v) is 5.84. The SMILES string of the molecule is COc1ccc(Cl)c(F)c1-c1cc(C)ncc1C(=O)Nc1nnc(OCCS(C)=O)s1. The van der Waals surface area contributed by atoms with Crippen LogP contribution >= 0.6 is 22.9 Å². The maximum atomic E-state index is 14.9. The third kappa shape index (κ3) is 5.54. The zero-order valence-corrected chi connectivity index (χ0v) is 19.2. The van der Waals surface area contributed by atoms with E-state index < -0.39 is 22.5 Å². The van der Waals surface area contributed by atoms with E-state index in [0.29, 0.717) is 11.4 Å². The fourth-order valence-corrected chi connectivity index (χ4v) is 3.72. The fraction of sp³-hybridized carbons (Fsp3) is 0.263. The predicted molar refractivity (Wildman–Crippen MR) is 118 cm³/mol. The number of nitrogens with zero attached hydrogens (tertiary/aromatic N) is 3. The standard InChI is InChI=1S/C19H18ClFN4O4S2/c1-10-8-11(15-14(28-2)5-4-13(20)16(15)21)12(9-22-10)17(26)23-18-24-25-19(30-18)29-6-7-31(3)27/h4-5,8-9H,6-7H2,1-3H3,(H,23,24,26). The molecule has 0 bridgehead atoms. The minimum absolute atomic E-state index is 0.0551. The lowest BCUT2D eigenvalue weighted by molar-refractivity contribution is 0.102. The molecular formula is C19H18ClFN4O4S2. The van der Waals surface area contributed by atoms with Crippen LogP contribution in [0.25, 0.3) is 11.1 Å². The fourth-order valence-electron chi connectivity index (χ4n) is 2.63. The molecular weight excluding hydrogens is 467 g/mol. The van der Waals surface area contributed by atoms with Crippen LogP contribution in [0.2, 0.25) is 5.02 Å². The summed E-state index contributed by atoms with van der Waals surface area (Å²) in [6, 6.07) is 4.48. The molecule has 2 aromatic heterocycles. The second-order valence-electron chi connectivity index (χ2n) is 6.26. The molecule has 1 amide bonds. The molecule has 0 aliphatic heterocycles. The Hall–Kier alpha value is -2.63. The molecule has 1 N–H and O–H groups in total. The van der Waals surface area contributed by atoms with E-state index in [1.54, 1.807) is 19.2 Å². The van der Waals surface area contributed by atoms with Crippen LogP contribution in [0.1, 0.15) is 16.1 Å². The average molecular weight is 485 g/mol. The number of ether oxygens (including phenoxy) is 2. The van der Waals surface area contributed by atoms with Gasteiger partial charge in [0.15, 0.2) is 5.82 Å². The molecule has 2 heterocycles. The molecule has 31 heavy (non-hydrogen) atoms. The summed E-state index contributed by atoms with van der Waals surface area (Å²) < 4.78 is 36.6. The highest BCUT2D eigenvalue weighted by Crippen LogP contribution is 2.38. The average Bonchev–Trinajstić information content (AvgIpc) is 3.16. The van der Waals surface area contributed by atoms with Gasteiger partial charge in [0.2, 0.25) is 5.13 Å². The van der Waals surface area contributed by atoms with E-state index in [2.05, 4.69) is 20.5 Å². The van der Waals surface area contributed by atoms with Gasteiger partial charge >= 0.3 is 0 Å². The van der Waals surface area contributed by atoms with Gasteiger partial charge in [-0.3, -0.25) is 19.3 Å². The Morgan fingerprint density at radius 1 is 1.35 bits per heavy atom. The molecule has 164 valence electrons. The van der Waals surface area contributed by atoms with Crippen molar-refractivity contribution in [2.75, 3.05) is 31.0 Å². The maximum absolute atomic E-state index is 14.9. The topological polar surface area (TPSA) is 103 Å². The summed E-state index contributed by atoms with van der Waals surface area (Å²) in [7, 11) is 0.408. The molecule has 1 atom stereocenters. The second kappa shape index (κ2) is 10.1. The Morgan fingerprint density at radius 3 is 2.84 bits per heavy atom. The van der Waals surface area contributed by atoms with Crippen LogP contribution in [0.3, 0.4) is 0 Å². The molecule has 3 rings (SSSR count). The van der Waals surface area contributed by atoms with Gasteiger partial charge in [-0.1, -0.05) is 16.7 Å². The minimum atomic E-state index is -0.991. The zero-order valence-electron chi connectivity index (χ0n) is 16.8. The summed E-state index contributed by atoms with van der Waals surface area (Å²) >= 11 is 6.97. The molecule has 0 fully saturated rings. The Kier molecular flexibility index (Phi) is 7.52. The number of hydrogen-bond acceptors (Lipinski definition) is 8. The van der Waals surface area contributed by atoms with Gasteiger partial charge in [-0.15, -0.1) is 5.10 Å². The number of halogens is 2. The van der Waals surface area contributed by atoms with Crippen LogP contribution in [0.4, 0.5) is 9.52 Å². The highest BCUT2D eigenvalue weighted by atomic mass is 35.5. The Balaban J connectivity index is 1.90. The van der Waals surface area contributed by atoms with Crippen LogP contribution in [0.5, 0.6) is 10.9 Å². The lowest BCUT2D eigenvalue weighted by Crippen LogP contribution is -2.14. The number of aryl methyl sites for hydroxylation is 1. The van der Waals surface area contributed by atoms with E-state index in [4.69, 9.17) is 21.1 Å². The number of rotatable bonds is 8. The molecule has 1 unspecified atom stereocenters. The first kappa shape index (κ1) is 23.0. The maximum Gasteiger partial charge on any atom is 0.295 e. The number of amides is 1. The van der Waals surface area contributed by atoms with E-state index in [0.717, 1.165) is 11.3 Å². The highest BCUT2D eigenvalue weighted by Gasteiger charge is 2.23. The largest absolute Gasteiger partial charge is 0.496 e. The number of anilines is 1. The number of hydrogen-bond donors (Lipinski definition) is 1. The quantitative estimate of drug-likeness (QED) is 0.519. The number of benzene rings is 1. The molecule has 0 radical (unpaired) electrons. The van der Waals surface area contributed by atoms with Crippen molar-refractivity contribution < 1.29 is 22.9 Å². The number of methoxy groups -OCH3 is 1. The van der Waals surface area contributed by atoms with Crippen LogP contribution < -0.4 is 14.8 Å². The second-order valence-corrected chi connectivity index (χ2v) is 9.16. The van der Waals surface area contributed by atoms with Crippen molar-refractivity contribution in [3.05, 3.63) is 46.5 Å². The number of carbonyl (C=O) groups excluding carboxylic acids is 1. The van der Waals surface area contributed by atoms with Crippen molar-refractivity contribution >= 4 is 44.8 Å². The lowest BCUT2D eigenvalue weighted by Gasteiger charge is -2.14. The van der Waals surface area contributed by atoms with Gasteiger partial charge < -0.3 is 9.47 Å². The predicted octanol–water partition coefficient (Wildman–Crippen LogP) is 3.72. The van der Waals surface area contributed by atoms with Crippen LogP contribution in [0, 0.1) is 12.7 Å². The summed E-state index contributed by atoms with van der Waals surface area (Å²) in [5, 5.41) is 10.6. The first-order valence-corrected chi connectivity index (χ1v) is 11.8. The van der Waals surface area contributed by atoms with Gasteiger partial charge in [0, 0.05) is 34.5 Å². The van der Waals surface area contributed by atoms with Gasteiger partial charge in [0.1, 0.15) is 12.4 Å². The van der Waals surface area contributed by atoms with Crippen molar-refractivity contribution in [3.8, 4) is 22.1 Å². The number of carbonyl (C=O) groups is 1. The lowest BCUT2D eigenvalue weighted by atomic mass is 9.98. The minimum Gasteiger partial charge on any atom is -0.496 e. The molecule has 0 saturated carbocycles. The summed E-state index contributed by atoms with van der Waals surface area (Å²) in [4.78, 5) is 17.1. The Morgan fingerprint density at radius 2 is 2.13 bits per heavy atom. The van der Waals surface area contributed by atoms with E-state index in [9.17, 15) is 13.4 Å². The molecule has 1 aromatic carbocycles. The number of nitrogens with one attached hydrogen (secondary N) is 1. The Labute approximate surface area is 189 Å². The van der Waals surface area contributed by atoms with Gasteiger partial charge in [-0.25, -0.2) is 4.39 Å². The summed E-state index contributed by atoms with van der Waals surface area (Å²) in [6.45, 7) is 1.93. The zero-order chi connectivity index (χ0) is 22.5. The summed E-state index contributed by atoms with van der Waals surface area (Å²) in [5.74, 6) is -0.699. The van der Waals surface area contributed by atoms with E-state index in [1.807, 2.05) is 0 Å². The molecule has 3 aromatic rings. The van der Waals surface area contributed by atoms with Gasteiger partial charge in [0.05, 0.1) is 29.0 Å². The number of pyridine rings is 1. The monoisotopic (exact) mass is 484 g/mol. The van der Waals surface area contributed by atoms with E-state index >= 15 is 0 Å². The molecule has 12 heteroatoms. The summed E-state index contributed by atoms with van der Waals surface area (Å²) in [6.07, 6.45) is 2.91. The molecule has 0 spiro atoms. The third-order valence-electron chi connectivity index (χ3n) is 4.05. The van der Waals surface area contributed by atoms with Crippen molar-refractivity contribution in [1.82, 2.24) is 15.2 Å². The molecule has 0 aliphatic carbocycles. The van der Waals surface area contributed by atoms with Gasteiger partial charge in [0.25, 0.3) is 11.1 Å². The van der Waals surface area contributed by atoms with Crippen molar-refractivity contribution in [2.24, 2.45) is 0 Å². The van der Waals surface area contributed by atoms with Crippen LogP contribution in [-0.2, 0) is 10.8 Å². The normalized spacial score (nSPS) is 11.8. The van der Waals surface area contributed by atoms with Gasteiger partial charge in [-0.2, -0.15) is 0 Å². The molecule has 8 nitrogen and oxygen atoms in total. The van der Waals surface area contributed by atoms with E-state index in [1.165, 1.54) is 25.4 Å². The highest BCUT2D eigenvalue weighted by molar-refractivity contribution is 7.84. The molecule has 0 saturated heterocycles. The van der Waals surface area contributed by atoms with Crippen molar-refractivity contribution in [3.63, 3.8) is 0 Å². The van der Waals surface area contributed by atoms with Crippen LogP contribution in [-0.4, -0.2) is 51.0 Å². The van der Waals surface area contributed by atoms with E-state index in [-0.39, 0.29) is 44.4 Å².